The highest BCUT2D eigenvalue weighted by Gasteiger charge is 2.27. The number of hydrogen-bond donors (Lipinski definition) is 1. The number of thioether (sulfide) groups is 1. The Kier molecular flexibility index (Phi) is 6.74. The minimum absolute atomic E-state index is 0.304. The summed E-state index contributed by atoms with van der Waals surface area (Å²) in [5.41, 5.74) is 0. The molecule has 0 saturated carbocycles. The van der Waals surface area contributed by atoms with Crippen molar-refractivity contribution in [1.29, 1.82) is 0 Å². The summed E-state index contributed by atoms with van der Waals surface area (Å²) < 4.78 is 6.24. The van der Waals surface area contributed by atoms with Gasteiger partial charge < -0.3 is 10.1 Å². The van der Waals surface area contributed by atoms with Gasteiger partial charge in [0.25, 0.3) is 0 Å². The van der Waals surface area contributed by atoms with Gasteiger partial charge in [-0.1, -0.05) is 45.2 Å². The Hall–Kier alpha value is -0.670. The van der Waals surface area contributed by atoms with Crippen LogP contribution < -0.4 is 10.1 Å². The van der Waals surface area contributed by atoms with E-state index in [1.807, 2.05) is 11.8 Å². The van der Waals surface area contributed by atoms with Crippen molar-refractivity contribution >= 4 is 11.8 Å². The van der Waals surface area contributed by atoms with Gasteiger partial charge in [-0.25, -0.2) is 0 Å². The van der Waals surface area contributed by atoms with E-state index in [0.29, 0.717) is 12.1 Å². The fourth-order valence-corrected chi connectivity index (χ4v) is 3.67. The third-order valence-corrected chi connectivity index (χ3v) is 4.90. The molecule has 0 fully saturated rings. The summed E-state index contributed by atoms with van der Waals surface area (Å²) in [6.07, 6.45) is 6.61. The molecule has 0 aromatic heterocycles. The van der Waals surface area contributed by atoms with E-state index >= 15 is 0 Å². The molecule has 0 aliphatic carbocycles. The van der Waals surface area contributed by atoms with Gasteiger partial charge in [-0.3, -0.25) is 0 Å². The normalized spacial score (nSPS) is 19.2. The maximum absolute atomic E-state index is 6.24. The number of fused-ring (bicyclic) bond motifs is 1. The van der Waals surface area contributed by atoms with Crippen molar-refractivity contribution in [3.63, 3.8) is 0 Å². The molecule has 2 rings (SSSR count). The van der Waals surface area contributed by atoms with Crippen molar-refractivity contribution in [2.45, 2.75) is 63.0 Å². The molecule has 0 saturated heterocycles. The smallest absolute Gasteiger partial charge is 0.133 e. The quantitative estimate of drug-likeness (QED) is 0.714. The van der Waals surface area contributed by atoms with E-state index in [2.05, 4.69) is 43.4 Å². The molecule has 1 aromatic rings. The molecular weight excluding hydrogens is 266 g/mol. The fraction of sp³-hybridized carbons (Fsp3) is 0.647. The van der Waals surface area contributed by atoms with Crippen LogP contribution >= 0.6 is 11.8 Å². The number of nitrogens with one attached hydrogen (secondary N) is 1. The van der Waals surface area contributed by atoms with Crippen molar-refractivity contribution in [3.05, 3.63) is 24.3 Å². The van der Waals surface area contributed by atoms with Crippen LogP contribution in [0, 0.1) is 0 Å². The molecule has 2 atom stereocenters. The highest BCUT2D eigenvalue weighted by molar-refractivity contribution is 7.99. The van der Waals surface area contributed by atoms with Gasteiger partial charge in [0.15, 0.2) is 0 Å². The lowest BCUT2D eigenvalue weighted by atomic mass is 10.0. The van der Waals surface area contributed by atoms with Crippen molar-refractivity contribution in [3.8, 4) is 5.75 Å². The zero-order chi connectivity index (χ0) is 14.2. The Morgan fingerprint density at radius 3 is 2.90 bits per heavy atom. The molecule has 112 valence electrons. The van der Waals surface area contributed by atoms with Crippen LogP contribution in [-0.4, -0.2) is 24.4 Å². The summed E-state index contributed by atoms with van der Waals surface area (Å²) in [6, 6.07) is 8.89. The first-order chi connectivity index (χ1) is 9.85. The summed E-state index contributed by atoms with van der Waals surface area (Å²) in [6.45, 7) is 5.57. The molecule has 2 nitrogen and oxygen atoms in total. The third kappa shape index (κ3) is 4.42. The Bertz CT molecular complexity index is 396. The molecular formula is C17H27NOS. The molecule has 1 N–H and O–H groups in total. The summed E-state index contributed by atoms with van der Waals surface area (Å²) in [5, 5.41) is 3.69. The van der Waals surface area contributed by atoms with Gasteiger partial charge in [0.1, 0.15) is 11.9 Å². The van der Waals surface area contributed by atoms with Crippen LogP contribution in [-0.2, 0) is 0 Å². The molecule has 1 aliphatic rings. The molecule has 0 radical (unpaired) electrons. The second-order valence-electron chi connectivity index (χ2n) is 5.47. The summed E-state index contributed by atoms with van der Waals surface area (Å²) in [7, 11) is 0. The van der Waals surface area contributed by atoms with Gasteiger partial charge in [0.05, 0.1) is 0 Å². The van der Waals surface area contributed by atoms with Gasteiger partial charge in [-0.2, -0.15) is 0 Å². The summed E-state index contributed by atoms with van der Waals surface area (Å²) in [5.74, 6) is 2.12. The first kappa shape index (κ1) is 15.7. The number of hydrogen-bond acceptors (Lipinski definition) is 3. The zero-order valence-electron chi connectivity index (χ0n) is 12.7. The minimum atomic E-state index is 0.304. The Labute approximate surface area is 127 Å². The largest absolute Gasteiger partial charge is 0.487 e. The van der Waals surface area contributed by atoms with Crippen LogP contribution in [0.15, 0.2) is 29.2 Å². The molecule has 1 heterocycles. The minimum Gasteiger partial charge on any atom is -0.487 e. The average Bonchev–Trinajstić information content (AvgIpc) is 2.50. The van der Waals surface area contributed by atoms with Gasteiger partial charge in [-0.15, -0.1) is 11.8 Å². The Balaban J connectivity index is 1.95. The van der Waals surface area contributed by atoms with E-state index in [0.717, 1.165) is 18.0 Å². The number of benzene rings is 1. The Morgan fingerprint density at radius 2 is 2.10 bits per heavy atom. The monoisotopic (exact) mass is 293 g/mol. The third-order valence-electron chi connectivity index (χ3n) is 3.75. The fourth-order valence-electron chi connectivity index (χ4n) is 2.60. The van der Waals surface area contributed by atoms with E-state index in [4.69, 9.17) is 4.74 Å². The van der Waals surface area contributed by atoms with E-state index in [1.54, 1.807) is 0 Å². The van der Waals surface area contributed by atoms with E-state index in [9.17, 15) is 0 Å². The predicted octanol–water partition coefficient (Wildman–Crippen LogP) is 4.49. The summed E-state index contributed by atoms with van der Waals surface area (Å²) >= 11 is 1.93. The van der Waals surface area contributed by atoms with Gasteiger partial charge in [0, 0.05) is 16.7 Å². The van der Waals surface area contributed by atoms with Crippen molar-refractivity contribution in [2.75, 3.05) is 12.3 Å². The highest BCUT2D eigenvalue weighted by atomic mass is 32.2. The second kappa shape index (κ2) is 8.58. The van der Waals surface area contributed by atoms with Crippen LogP contribution in [0.4, 0.5) is 0 Å². The lowest BCUT2D eigenvalue weighted by Gasteiger charge is -2.32. The lowest BCUT2D eigenvalue weighted by Crippen LogP contribution is -2.45. The van der Waals surface area contributed by atoms with Crippen LogP contribution in [0.5, 0.6) is 5.75 Å². The predicted molar refractivity (Wildman–Crippen MR) is 87.8 cm³/mol. The molecule has 0 amide bonds. The van der Waals surface area contributed by atoms with Gasteiger partial charge in [0.2, 0.25) is 0 Å². The van der Waals surface area contributed by atoms with Gasteiger partial charge >= 0.3 is 0 Å². The van der Waals surface area contributed by atoms with Crippen LogP contribution in [0.25, 0.3) is 0 Å². The van der Waals surface area contributed by atoms with Crippen LogP contribution in [0.3, 0.4) is 0 Å². The van der Waals surface area contributed by atoms with Crippen molar-refractivity contribution < 1.29 is 4.74 Å². The standard InChI is InChI=1S/C17H27NOS/c1-3-5-6-9-14(18-12-4-2)16-13-20-17-11-8-7-10-15(17)19-16/h7-8,10-11,14,16,18H,3-6,9,12-13H2,1-2H3. The first-order valence-corrected chi connectivity index (χ1v) is 8.95. The molecule has 1 aliphatic heterocycles. The number of unbranched alkanes of at least 4 members (excludes halogenated alkanes) is 2. The van der Waals surface area contributed by atoms with Crippen molar-refractivity contribution in [1.82, 2.24) is 5.32 Å². The molecule has 3 heteroatoms. The number of ether oxygens (including phenoxy) is 1. The van der Waals surface area contributed by atoms with Crippen LogP contribution in [0.1, 0.15) is 46.0 Å². The average molecular weight is 293 g/mol. The zero-order valence-corrected chi connectivity index (χ0v) is 13.5. The molecule has 2 unspecified atom stereocenters. The SMILES string of the molecule is CCCCCC(NCCC)C1CSc2ccccc2O1. The van der Waals surface area contributed by atoms with E-state index < -0.39 is 0 Å². The Morgan fingerprint density at radius 1 is 1.25 bits per heavy atom. The second-order valence-corrected chi connectivity index (χ2v) is 6.53. The molecule has 20 heavy (non-hydrogen) atoms. The van der Waals surface area contributed by atoms with E-state index in [1.165, 1.54) is 37.0 Å². The maximum atomic E-state index is 6.24. The first-order valence-electron chi connectivity index (χ1n) is 7.97. The highest BCUT2D eigenvalue weighted by Crippen LogP contribution is 2.36. The molecule has 0 spiro atoms. The topological polar surface area (TPSA) is 21.3 Å². The lowest BCUT2D eigenvalue weighted by molar-refractivity contribution is 0.159. The number of rotatable bonds is 8. The van der Waals surface area contributed by atoms with Gasteiger partial charge in [-0.05, 0) is 31.5 Å². The van der Waals surface area contributed by atoms with Crippen molar-refractivity contribution in [2.24, 2.45) is 0 Å². The molecule has 1 aromatic carbocycles. The molecule has 0 bridgehead atoms. The summed E-state index contributed by atoms with van der Waals surface area (Å²) in [4.78, 5) is 1.28. The van der Waals surface area contributed by atoms with Crippen LogP contribution in [0.2, 0.25) is 0 Å². The maximum Gasteiger partial charge on any atom is 0.133 e. The van der Waals surface area contributed by atoms with E-state index in [-0.39, 0.29) is 0 Å². The number of para-hydroxylation sites is 1.